The van der Waals surface area contributed by atoms with Crippen molar-refractivity contribution in [1.29, 1.82) is 0 Å². The van der Waals surface area contributed by atoms with Crippen LogP contribution in [0.15, 0.2) is 47.8 Å². The van der Waals surface area contributed by atoms with Crippen molar-refractivity contribution in [2.75, 3.05) is 0 Å². The molecule has 0 amide bonds. The Hall–Kier alpha value is -2.10. The van der Waals surface area contributed by atoms with Gasteiger partial charge in [0.05, 0.1) is 11.0 Å². The summed E-state index contributed by atoms with van der Waals surface area (Å²) in [5.74, 6) is 1.15. The van der Waals surface area contributed by atoms with Crippen LogP contribution in [-0.2, 0) is 19.4 Å². The standard InChI is InChI=1S/C23H23ClN2S/c1-15-10-11-27-22(15)8-9-23-25-20-12-16(2)17(3)13-21(20)26(23)14-18-4-6-19(24)7-5-18/h4-7,10-13H,8-9,14H2,1-3H3. The number of rotatable bonds is 5. The number of halogens is 1. The summed E-state index contributed by atoms with van der Waals surface area (Å²) in [5, 5.41) is 2.95. The molecule has 0 N–H and O–H groups in total. The summed E-state index contributed by atoms with van der Waals surface area (Å²) < 4.78 is 2.37. The molecular formula is C23H23ClN2S. The van der Waals surface area contributed by atoms with Crippen molar-refractivity contribution in [3.63, 3.8) is 0 Å². The van der Waals surface area contributed by atoms with Crippen LogP contribution in [0.4, 0.5) is 0 Å². The van der Waals surface area contributed by atoms with E-state index in [-0.39, 0.29) is 0 Å². The number of aromatic nitrogens is 2. The molecule has 4 heteroatoms. The Morgan fingerprint density at radius 3 is 2.37 bits per heavy atom. The van der Waals surface area contributed by atoms with Crippen LogP contribution < -0.4 is 0 Å². The fraction of sp³-hybridized carbons (Fsp3) is 0.261. The highest BCUT2D eigenvalue weighted by atomic mass is 35.5. The van der Waals surface area contributed by atoms with Crippen molar-refractivity contribution in [2.24, 2.45) is 0 Å². The van der Waals surface area contributed by atoms with Gasteiger partial charge in [-0.25, -0.2) is 4.98 Å². The van der Waals surface area contributed by atoms with Crippen molar-refractivity contribution in [2.45, 2.75) is 40.2 Å². The van der Waals surface area contributed by atoms with Crippen LogP contribution in [0.3, 0.4) is 0 Å². The molecular weight excluding hydrogens is 372 g/mol. The first kappa shape index (κ1) is 18.3. The van der Waals surface area contributed by atoms with E-state index in [2.05, 4.69) is 61.1 Å². The molecule has 2 aromatic carbocycles. The minimum Gasteiger partial charge on any atom is -0.323 e. The fourth-order valence-corrected chi connectivity index (χ4v) is 4.49. The third-order valence-electron chi connectivity index (χ3n) is 5.24. The first-order valence-corrected chi connectivity index (χ1v) is 10.5. The number of benzene rings is 2. The van der Waals surface area contributed by atoms with Crippen LogP contribution >= 0.6 is 22.9 Å². The Labute approximate surface area is 169 Å². The van der Waals surface area contributed by atoms with Gasteiger partial charge in [-0.3, -0.25) is 0 Å². The zero-order valence-electron chi connectivity index (χ0n) is 15.9. The summed E-state index contributed by atoms with van der Waals surface area (Å²) in [6.07, 6.45) is 1.98. The number of hydrogen-bond donors (Lipinski definition) is 0. The van der Waals surface area contributed by atoms with E-state index in [1.165, 1.54) is 32.6 Å². The smallest absolute Gasteiger partial charge is 0.110 e. The van der Waals surface area contributed by atoms with Gasteiger partial charge in [-0.2, -0.15) is 0 Å². The predicted octanol–water partition coefficient (Wildman–Crippen LogP) is 6.51. The lowest BCUT2D eigenvalue weighted by Crippen LogP contribution is -2.06. The lowest BCUT2D eigenvalue weighted by atomic mass is 10.1. The second-order valence-corrected chi connectivity index (χ2v) is 8.63. The highest BCUT2D eigenvalue weighted by molar-refractivity contribution is 7.10. The highest BCUT2D eigenvalue weighted by Crippen LogP contribution is 2.25. The van der Waals surface area contributed by atoms with Crippen molar-refractivity contribution in [1.82, 2.24) is 9.55 Å². The zero-order chi connectivity index (χ0) is 19.0. The number of nitrogens with zero attached hydrogens (tertiary/aromatic N) is 2. The average molecular weight is 395 g/mol. The minimum atomic E-state index is 0.772. The first-order chi connectivity index (χ1) is 13.0. The van der Waals surface area contributed by atoms with Gasteiger partial charge >= 0.3 is 0 Å². The van der Waals surface area contributed by atoms with Crippen molar-refractivity contribution in [3.8, 4) is 0 Å². The third kappa shape index (κ3) is 3.80. The Morgan fingerprint density at radius 2 is 1.67 bits per heavy atom. The minimum absolute atomic E-state index is 0.772. The van der Waals surface area contributed by atoms with Gasteiger partial charge in [0, 0.05) is 22.9 Å². The van der Waals surface area contributed by atoms with Gasteiger partial charge in [-0.05, 0) is 85.2 Å². The highest BCUT2D eigenvalue weighted by Gasteiger charge is 2.13. The van der Waals surface area contributed by atoms with Gasteiger partial charge in [-0.15, -0.1) is 11.3 Å². The molecule has 2 heterocycles. The van der Waals surface area contributed by atoms with Gasteiger partial charge in [0.2, 0.25) is 0 Å². The average Bonchev–Trinajstić information content (AvgIpc) is 3.19. The molecule has 0 saturated carbocycles. The van der Waals surface area contributed by atoms with Gasteiger partial charge in [0.15, 0.2) is 0 Å². The molecule has 138 valence electrons. The van der Waals surface area contributed by atoms with Crippen LogP contribution in [0.2, 0.25) is 5.02 Å². The van der Waals surface area contributed by atoms with Crippen molar-refractivity contribution < 1.29 is 0 Å². The molecule has 2 aromatic heterocycles. The SMILES string of the molecule is Cc1cc2nc(CCc3sccc3C)n(Cc3ccc(Cl)cc3)c2cc1C. The van der Waals surface area contributed by atoms with Gasteiger partial charge in [0.1, 0.15) is 5.82 Å². The van der Waals surface area contributed by atoms with E-state index in [4.69, 9.17) is 16.6 Å². The Balaban J connectivity index is 1.73. The topological polar surface area (TPSA) is 17.8 Å². The quantitative estimate of drug-likeness (QED) is 0.377. The molecule has 0 saturated heterocycles. The van der Waals surface area contributed by atoms with E-state index in [0.29, 0.717) is 0 Å². The summed E-state index contributed by atoms with van der Waals surface area (Å²) in [5.41, 5.74) is 7.52. The third-order valence-corrected chi connectivity index (χ3v) is 6.58. The molecule has 0 spiro atoms. The molecule has 0 aliphatic carbocycles. The number of thiophene rings is 1. The summed E-state index contributed by atoms with van der Waals surface area (Å²) in [7, 11) is 0. The number of imidazole rings is 1. The summed E-state index contributed by atoms with van der Waals surface area (Å²) in [6, 6.07) is 14.8. The van der Waals surface area contributed by atoms with E-state index in [1.807, 2.05) is 23.5 Å². The maximum atomic E-state index is 6.06. The molecule has 27 heavy (non-hydrogen) atoms. The van der Waals surface area contributed by atoms with Crippen LogP contribution in [0.1, 0.15) is 33.0 Å². The number of hydrogen-bond acceptors (Lipinski definition) is 2. The molecule has 4 rings (SSSR count). The fourth-order valence-electron chi connectivity index (χ4n) is 3.46. The molecule has 0 fully saturated rings. The van der Waals surface area contributed by atoms with Crippen LogP contribution in [-0.4, -0.2) is 9.55 Å². The number of aryl methyl sites for hydroxylation is 5. The second kappa shape index (κ2) is 7.49. The Bertz CT molecular complexity index is 1090. The van der Waals surface area contributed by atoms with Gasteiger partial charge in [0.25, 0.3) is 0 Å². The van der Waals surface area contributed by atoms with Crippen LogP contribution in [0, 0.1) is 20.8 Å². The zero-order valence-corrected chi connectivity index (χ0v) is 17.5. The summed E-state index contributed by atoms with van der Waals surface area (Å²) in [6.45, 7) is 7.33. The van der Waals surface area contributed by atoms with E-state index in [1.54, 1.807) is 0 Å². The monoisotopic (exact) mass is 394 g/mol. The Kier molecular flexibility index (Phi) is 5.07. The van der Waals surface area contributed by atoms with Crippen LogP contribution in [0.5, 0.6) is 0 Å². The molecule has 0 radical (unpaired) electrons. The van der Waals surface area contributed by atoms with E-state index in [9.17, 15) is 0 Å². The first-order valence-electron chi connectivity index (χ1n) is 9.25. The summed E-state index contributed by atoms with van der Waals surface area (Å²) >= 11 is 7.90. The normalized spacial score (nSPS) is 11.4. The second-order valence-electron chi connectivity index (χ2n) is 7.19. The van der Waals surface area contributed by atoms with Gasteiger partial charge in [-0.1, -0.05) is 23.7 Å². The van der Waals surface area contributed by atoms with E-state index >= 15 is 0 Å². The predicted molar refractivity (Wildman–Crippen MR) is 116 cm³/mol. The lowest BCUT2D eigenvalue weighted by Gasteiger charge is -2.11. The molecule has 0 aliphatic rings. The van der Waals surface area contributed by atoms with E-state index in [0.717, 1.165) is 35.8 Å². The molecule has 0 aliphatic heterocycles. The lowest BCUT2D eigenvalue weighted by molar-refractivity contribution is 0.731. The van der Waals surface area contributed by atoms with Crippen LogP contribution in [0.25, 0.3) is 11.0 Å². The maximum absolute atomic E-state index is 6.06. The van der Waals surface area contributed by atoms with Gasteiger partial charge < -0.3 is 4.57 Å². The number of fused-ring (bicyclic) bond motifs is 1. The maximum Gasteiger partial charge on any atom is 0.110 e. The largest absolute Gasteiger partial charge is 0.323 e. The molecule has 0 unspecified atom stereocenters. The Morgan fingerprint density at radius 1 is 0.926 bits per heavy atom. The molecule has 0 atom stereocenters. The summed E-state index contributed by atoms with van der Waals surface area (Å²) in [4.78, 5) is 6.45. The molecule has 2 nitrogen and oxygen atoms in total. The van der Waals surface area contributed by atoms with E-state index < -0.39 is 0 Å². The van der Waals surface area contributed by atoms with Crippen molar-refractivity contribution in [3.05, 3.63) is 85.8 Å². The molecule has 0 bridgehead atoms. The molecule has 4 aromatic rings. The van der Waals surface area contributed by atoms with Crippen molar-refractivity contribution >= 4 is 34.0 Å².